The van der Waals surface area contributed by atoms with Crippen LogP contribution in [-0.4, -0.2) is 38.0 Å². The number of pyridine rings is 1. The summed E-state index contributed by atoms with van der Waals surface area (Å²) in [5.41, 5.74) is 2.51. The van der Waals surface area contributed by atoms with E-state index in [4.69, 9.17) is 11.6 Å². The molecule has 0 spiro atoms. The Hall–Kier alpha value is -3.30. The Morgan fingerprint density at radius 2 is 1.72 bits per heavy atom. The van der Waals surface area contributed by atoms with Gasteiger partial charge in [-0.1, -0.05) is 30.5 Å². The zero-order valence-corrected chi connectivity index (χ0v) is 23.0. The van der Waals surface area contributed by atoms with Gasteiger partial charge >= 0.3 is 0 Å². The lowest BCUT2D eigenvalue weighted by Gasteiger charge is -2.44. The molecule has 1 amide bonds. The molecule has 0 unspecified atom stereocenters. The van der Waals surface area contributed by atoms with Gasteiger partial charge in [-0.25, -0.2) is 8.42 Å². The molecule has 2 bridgehead atoms. The van der Waals surface area contributed by atoms with Crippen LogP contribution in [0.5, 0.6) is 0 Å². The van der Waals surface area contributed by atoms with Crippen molar-refractivity contribution < 1.29 is 13.2 Å². The Morgan fingerprint density at radius 1 is 0.949 bits per heavy atom. The molecule has 10 heteroatoms. The van der Waals surface area contributed by atoms with E-state index in [0.717, 1.165) is 37.8 Å². The van der Waals surface area contributed by atoms with Crippen LogP contribution in [0.3, 0.4) is 0 Å². The minimum absolute atomic E-state index is 0.0182. The Kier molecular flexibility index (Phi) is 6.89. The molecule has 39 heavy (non-hydrogen) atoms. The largest absolute Gasteiger partial charge is 0.369 e. The van der Waals surface area contributed by atoms with Crippen LogP contribution in [0.25, 0.3) is 0 Å². The first-order valence-electron chi connectivity index (χ1n) is 13.4. The number of benzene rings is 2. The van der Waals surface area contributed by atoms with Gasteiger partial charge in [-0.3, -0.25) is 14.3 Å². The van der Waals surface area contributed by atoms with Crippen molar-refractivity contribution in [1.82, 2.24) is 9.88 Å². The quantitative estimate of drug-likeness (QED) is 0.454. The third-order valence-corrected chi connectivity index (χ3v) is 9.77. The molecule has 1 saturated carbocycles. The first-order chi connectivity index (χ1) is 18.8. The van der Waals surface area contributed by atoms with Crippen LogP contribution in [0.2, 0.25) is 5.02 Å². The fourth-order valence-electron chi connectivity index (χ4n) is 6.28. The number of hydrogen-bond donors (Lipinski definition) is 2. The van der Waals surface area contributed by atoms with Crippen molar-refractivity contribution in [3.05, 3.63) is 87.3 Å². The molecule has 1 aliphatic carbocycles. The van der Waals surface area contributed by atoms with Crippen molar-refractivity contribution in [2.24, 2.45) is 5.92 Å². The molecule has 0 radical (unpaired) electrons. The third-order valence-electron chi connectivity index (χ3n) is 8.14. The summed E-state index contributed by atoms with van der Waals surface area (Å²) in [5, 5.41) is 3.54. The van der Waals surface area contributed by atoms with Crippen LogP contribution < -0.4 is 20.5 Å². The van der Waals surface area contributed by atoms with Gasteiger partial charge in [0.25, 0.3) is 21.5 Å². The van der Waals surface area contributed by atoms with Crippen molar-refractivity contribution in [3.8, 4) is 0 Å². The van der Waals surface area contributed by atoms with Crippen LogP contribution in [0, 0.1) is 5.92 Å². The van der Waals surface area contributed by atoms with Gasteiger partial charge in [-0.15, -0.1) is 0 Å². The summed E-state index contributed by atoms with van der Waals surface area (Å²) in [6.07, 6.45) is 5.10. The van der Waals surface area contributed by atoms with Gasteiger partial charge in [0.2, 0.25) is 0 Å². The number of anilines is 2. The molecule has 6 rings (SSSR count). The van der Waals surface area contributed by atoms with Crippen molar-refractivity contribution in [3.63, 3.8) is 0 Å². The zero-order valence-electron chi connectivity index (χ0n) is 21.5. The van der Waals surface area contributed by atoms with Crippen LogP contribution in [0.1, 0.15) is 54.1 Å². The summed E-state index contributed by atoms with van der Waals surface area (Å²) in [4.78, 5) is 27.8. The fraction of sp³-hybridized carbons (Fsp3) is 0.379. The number of nitrogens with one attached hydrogen (secondary N) is 2. The van der Waals surface area contributed by atoms with Gasteiger partial charge in [0.1, 0.15) is 0 Å². The summed E-state index contributed by atoms with van der Waals surface area (Å²) in [5.74, 6) is 0.198. The second-order valence-electron chi connectivity index (χ2n) is 10.8. The van der Waals surface area contributed by atoms with Crippen molar-refractivity contribution in [1.29, 1.82) is 0 Å². The Morgan fingerprint density at radius 3 is 2.49 bits per heavy atom. The van der Waals surface area contributed by atoms with Crippen molar-refractivity contribution in [2.45, 2.75) is 55.5 Å². The Bertz CT molecular complexity index is 1560. The summed E-state index contributed by atoms with van der Waals surface area (Å²) in [6.45, 7) is 1.96. The van der Waals surface area contributed by atoms with E-state index >= 15 is 0 Å². The van der Waals surface area contributed by atoms with Crippen molar-refractivity contribution in [2.75, 3.05) is 22.7 Å². The molecule has 2 aliphatic heterocycles. The number of halogens is 1. The molecule has 1 saturated heterocycles. The summed E-state index contributed by atoms with van der Waals surface area (Å²) in [6, 6.07) is 16.8. The van der Waals surface area contributed by atoms with E-state index in [9.17, 15) is 18.0 Å². The highest BCUT2D eigenvalue weighted by Gasteiger charge is 2.35. The lowest BCUT2D eigenvalue weighted by molar-refractivity contribution is 0.0938. The minimum Gasteiger partial charge on any atom is -0.369 e. The molecule has 2 fully saturated rings. The van der Waals surface area contributed by atoms with E-state index in [0.29, 0.717) is 41.6 Å². The number of rotatable bonds is 6. The monoisotopic (exact) mass is 566 g/mol. The predicted molar refractivity (Wildman–Crippen MR) is 152 cm³/mol. The van der Waals surface area contributed by atoms with Gasteiger partial charge in [-0.2, -0.15) is 0 Å². The topological polar surface area (TPSA) is 101 Å². The Balaban J connectivity index is 1.34. The van der Waals surface area contributed by atoms with Crippen LogP contribution in [-0.2, 0) is 16.6 Å². The molecule has 204 valence electrons. The molecule has 3 heterocycles. The number of piperidine rings is 1. The highest BCUT2D eigenvalue weighted by molar-refractivity contribution is 7.92. The highest BCUT2D eigenvalue weighted by Crippen LogP contribution is 2.40. The third kappa shape index (κ3) is 5.30. The number of aromatic nitrogens is 1. The number of nitrogens with zero attached hydrogens (tertiary/aromatic N) is 2. The van der Waals surface area contributed by atoms with Gasteiger partial charge in [0, 0.05) is 53.9 Å². The maximum Gasteiger partial charge on any atom is 0.261 e. The average molecular weight is 567 g/mol. The average Bonchev–Trinajstić information content (AvgIpc) is 3.42. The predicted octanol–water partition coefficient (Wildman–Crippen LogP) is 4.60. The normalized spacial score (nSPS) is 20.9. The highest BCUT2D eigenvalue weighted by atomic mass is 35.5. The second kappa shape index (κ2) is 10.4. The van der Waals surface area contributed by atoms with E-state index in [1.807, 2.05) is 16.7 Å². The number of fused-ring (bicyclic) bond motifs is 4. The second-order valence-corrected chi connectivity index (χ2v) is 13.0. The smallest absolute Gasteiger partial charge is 0.261 e. The van der Waals surface area contributed by atoms with E-state index in [1.165, 1.54) is 24.3 Å². The van der Waals surface area contributed by atoms with Gasteiger partial charge in [0.05, 0.1) is 16.3 Å². The number of carbonyl (C=O) groups excluding carboxylic acids is 1. The van der Waals surface area contributed by atoms with E-state index in [1.54, 1.807) is 24.3 Å². The first kappa shape index (κ1) is 26.0. The Labute approximate surface area is 233 Å². The number of sulfonamides is 1. The SMILES string of the molecule is O=C(NC1CCCC1)c1ccc(N2C[C@H]3C[C@@H](C2)c2cccc(=O)n2C3)c(NS(=O)(=O)c2ccc(Cl)cc2)c1. The number of hydrogen-bond acceptors (Lipinski definition) is 5. The van der Waals surface area contributed by atoms with Gasteiger partial charge in [-0.05, 0) is 73.7 Å². The summed E-state index contributed by atoms with van der Waals surface area (Å²) in [7, 11) is -3.94. The molecule has 3 aromatic rings. The minimum atomic E-state index is -3.94. The molecule has 3 aliphatic rings. The molecular weight excluding hydrogens is 536 g/mol. The first-order valence-corrected chi connectivity index (χ1v) is 15.3. The van der Waals surface area contributed by atoms with E-state index < -0.39 is 10.0 Å². The summed E-state index contributed by atoms with van der Waals surface area (Å²) < 4.78 is 31.4. The lowest BCUT2D eigenvalue weighted by atomic mass is 9.83. The van der Waals surface area contributed by atoms with Crippen LogP contribution in [0.4, 0.5) is 11.4 Å². The summed E-state index contributed by atoms with van der Waals surface area (Å²) >= 11 is 5.98. The molecular formula is C29H31ClN4O4S. The van der Waals surface area contributed by atoms with Crippen LogP contribution in [0.15, 0.2) is 70.4 Å². The van der Waals surface area contributed by atoms with Crippen LogP contribution >= 0.6 is 11.6 Å². The zero-order chi connectivity index (χ0) is 27.1. The molecule has 8 nitrogen and oxygen atoms in total. The molecule has 2 N–H and O–H groups in total. The number of carbonyl (C=O) groups is 1. The lowest BCUT2D eigenvalue weighted by Crippen LogP contribution is -2.47. The van der Waals surface area contributed by atoms with Gasteiger partial charge < -0.3 is 14.8 Å². The van der Waals surface area contributed by atoms with E-state index in [2.05, 4.69) is 14.9 Å². The van der Waals surface area contributed by atoms with Crippen molar-refractivity contribution >= 4 is 38.9 Å². The maximum atomic E-state index is 13.4. The van der Waals surface area contributed by atoms with E-state index in [-0.39, 0.29) is 34.2 Å². The van der Waals surface area contributed by atoms with Gasteiger partial charge in [0.15, 0.2) is 0 Å². The molecule has 2 aromatic carbocycles. The standard InChI is InChI=1S/C29H31ClN4O4S/c30-22-9-11-24(12-10-22)39(37,38)32-25-15-20(29(36)31-23-4-1-2-5-23)8-13-27(25)33-16-19-14-21(18-33)26-6-3-7-28(35)34(26)17-19/h3,6-13,15,19,21,23,32H,1-2,4-5,14,16-18H2,(H,31,36)/t19-,21+/m1/s1. The maximum absolute atomic E-state index is 13.4. The fourth-order valence-corrected chi connectivity index (χ4v) is 7.48. The molecule has 1 aromatic heterocycles. The number of amides is 1. The molecule has 2 atom stereocenters.